The van der Waals surface area contributed by atoms with Crippen molar-refractivity contribution >= 4 is 23.7 Å². The fraction of sp³-hybridized carbons (Fsp3) is 0.526. The fourth-order valence-electron chi connectivity index (χ4n) is 3.50. The molecule has 0 unspecified atom stereocenters. The lowest BCUT2D eigenvalue weighted by atomic mass is 9.85. The molecule has 0 aliphatic carbocycles. The SMILES string of the molecule is COc1ccc(N2C(=O)NC(=O)C23CCN(C(=O)OC(C)(C)C)CC3)cc1. The number of carbonyl (C=O) groups is 3. The summed E-state index contributed by atoms with van der Waals surface area (Å²) in [6, 6.07) is 6.54. The third kappa shape index (κ3) is 3.56. The van der Waals surface area contributed by atoms with Crippen molar-refractivity contribution in [3.63, 3.8) is 0 Å². The van der Waals surface area contributed by atoms with Gasteiger partial charge in [0.15, 0.2) is 0 Å². The fourth-order valence-corrected chi connectivity index (χ4v) is 3.50. The number of imide groups is 1. The average Bonchev–Trinajstić information content (AvgIpc) is 2.84. The molecule has 2 heterocycles. The van der Waals surface area contributed by atoms with E-state index < -0.39 is 23.3 Å². The molecule has 27 heavy (non-hydrogen) atoms. The molecule has 2 aliphatic rings. The van der Waals surface area contributed by atoms with Crippen molar-refractivity contribution in [2.45, 2.75) is 44.8 Å². The molecule has 2 saturated heterocycles. The zero-order valence-corrected chi connectivity index (χ0v) is 16.1. The molecule has 0 atom stereocenters. The van der Waals surface area contributed by atoms with Crippen LogP contribution in [0.4, 0.5) is 15.3 Å². The van der Waals surface area contributed by atoms with Crippen molar-refractivity contribution in [1.82, 2.24) is 10.2 Å². The van der Waals surface area contributed by atoms with Gasteiger partial charge in [-0.1, -0.05) is 0 Å². The largest absolute Gasteiger partial charge is 0.497 e. The van der Waals surface area contributed by atoms with Gasteiger partial charge in [0.25, 0.3) is 5.91 Å². The van der Waals surface area contributed by atoms with Crippen LogP contribution in [-0.2, 0) is 9.53 Å². The summed E-state index contributed by atoms with van der Waals surface area (Å²) in [7, 11) is 1.56. The van der Waals surface area contributed by atoms with E-state index in [0.29, 0.717) is 37.4 Å². The maximum atomic E-state index is 12.6. The Morgan fingerprint density at radius 1 is 1.11 bits per heavy atom. The predicted octanol–water partition coefficient (Wildman–Crippen LogP) is 2.52. The Hall–Kier alpha value is -2.77. The number of carbonyl (C=O) groups excluding carboxylic acids is 3. The molecule has 0 saturated carbocycles. The van der Waals surface area contributed by atoms with Crippen molar-refractivity contribution in [2.75, 3.05) is 25.1 Å². The van der Waals surface area contributed by atoms with Crippen LogP contribution in [0.5, 0.6) is 5.75 Å². The molecule has 3 rings (SSSR count). The number of urea groups is 1. The van der Waals surface area contributed by atoms with E-state index in [4.69, 9.17) is 9.47 Å². The normalized spacial score (nSPS) is 19.3. The summed E-state index contributed by atoms with van der Waals surface area (Å²) in [6.45, 7) is 6.10. The van der Waals surface area contributed by atoms with E-state index in [9.17, 15) is 14.4 Å². The van der Waals surface area contributed by atoms with Crippen LogP contribution in [0, 0.1) is 0 Å². The Morgan fingerprint density at radius 3 is 2.22 bits per heavy atom. The number of rotatable bonds is 2. The summed E-state index contributed by atoms with van der Waals surface area (Å²) in [5.74, 6) is 0.339. The second-order valence-electron chi connectivity index (χ2n) is 7.79. The van der Waals surface area contributed by atoms with Crippen LogP contribution in [0.3, 0.4) is 0 Å². The highest BCUT2D eigenvalue weighted by Gasteiger charge is 2.55. The van der Waals surface area contributed by atoms with Crippen LogP contribution < -0.4 is 15.0 Å². The smallest absolute Gasteiger partial charge is 0.410 e. The number of methoxy groups -OCH3 is 1. The molecule has 2 fully saturated rings. The van der Waals surface area contributed by atoms with E-state index in [-0.39, 0.29) is 5.91 Å². The first-order chi connectivity index (χ1) is 12.7. The number of benzene rings is 1. The van der Waals surface area contributed by atoms with Gasteiger partial charge < -0.3 is 14.4 Å². The van der Waals surface area contributed by atoms with Gasteiger partial charge in [0.2, 0.25) is 0 Å². The summed E-state index contributed by atoms with van der Waals surface area (Å²) in [5, 5.41) is 2.42. The first kappa shape index (κ1) is 19.0. The Kier molecular flexibility index (Phi) is 4.75. The summed E-state index contributed by atoms with van der Waals surface area (Å²) in [4.78, 5) is 40.5. The summed E-state index contributed by atoms with van der Waals surface area (Å²) in [5.41, 5.74) is -0.962. The summed E-state index contributed by atoms with van der Waals surface area (Å²) >= 11 is 0. The minimum absolute atomic E-state index is 0.327. The van der Waals surface area contributed by atoms with Crippen LogP contribution in [-0.4, -0.2) is 54.3 Å². The van der Waals surface area contributed by atoms with E-state index >= 15 is 0 Å². The number of hydrogen-bond acceptors (Lipinski definition) is 5. The molecule has 0 aromatic heterocycles. The quantitative estimate of drug-likeness (QED) is 0.803. The van der Waals surface area contributed by atoms with Crippen molar-refractivity contribution in [2.24, 2.45) is 0 Å². The maximum absolute atomic E-state index is 12.6. The molecule has 4 amide bonds. The zero-order chi connectivity index (χ0) is 19.8. The van der Waals surface area contributed by atoms with Crippen molar-refractivity contribution < 1.29 is 23.9 Å². The molecule has 1 spiro atoms. The van der Waals surface area contributed by atoms with E-state index in [0.717, 1.165) is 0 Å². The minimum atomic E-state index is -0.996. The first-order valence-electron chi connectivity index (χ1n) is 8.94. The van der Waals surface area contributed by atoms with Gasteiger partial charge in [0.05, 0.1) is 7.11 Å². The molecular formula is C19H25N3O5. The van der Waals surface area contributed by atoms with Crippen molar-refractivity contribution in [3.05, 3.63) is 24.3 Å². The molecule has 1 aromatic rings. The molecule has 1 N–H and O–H groups in total. The Bertz CT molecular complexity index is 746. The number of likely N-dealkylation sites (tertiary alicyclic amines) is 1. The minimum Gasteiger partial charge on any atom is -0.497 e. The Labute approximate surface area is 158 Å². The highest BCUT2D eigenvalue weighted by molar-refractivity contribution is 6.17. The van der Waals surface area contributed by atoms with Crippen LogP contribution in [0.1, 0.15) is 33.6 Å². The molecule has 0 bridgehead atoms. The van der Waals surface area contributed by atoms with Crippen molar-refractivity contribution in [1.29, 1.82) is 0 Å². The molecular weight excluding hydrogens is 350 g/mol. The lowest BCUT2D eigenvalue weighted by Crippen LogP contribution is -2.58. The first-order valence-corrected chi connectivity index (χ1v) is 8.94. The zero-order valence-electron chi connectivity index (χ0n) is 16.1. The lowest BCUT2D eigenvalue weighted by molar-refractivity contribution is -0.124. The van der Waals surface area contributed by atoms with Gasteiger partial charge in [0.1, 0.15) is 16.9 Å². The highest BCUT2D eigenvalue weighted by Crippen LogP contribution is 2.37. The van der Waals surface area contributed by atoms with E-state index in [1.54, 1.807) is 36.3 Å². The van der Waals surface area contributed by atoms with Gasteiger partial charge in [-0.15, -0.1) is 0 Å². The van der Waals surface area contributed by atoms with E-state index in [1.807, 2.05) is 20.8 Å². The molecule has 8 nitrogen and oxygen atoms in total. The predicted molar refractivity (Wildman–Crippen MR) is 98.8 cm³/mol. The number of hydrogen-bond donors (Lipinski definition) is 1. The van der Waals surface area contributed by atoms with Crippen LogP contribution in [0.15, 0.2) is 24.3 Å². The molecule has 2 aliphatic heterocycles. The van der Waals surface area contributed by atoms with Crippen LogP contribution >= 0.6 is 0 Å². The number of amides is 4. The molecule has 8 heteroatoms. The number of nitrogens with zero attached hydrogens (tertiary/aromatic N) is 2. The van der Waals surface area contributed by atoms with Crippen LogP contribution in [0.2, 0.25) is 0 Å². The summed E-state index contributed by atoms with van der Waals surface area (Å²) < 4.78 is 10.6. The number of nitrogens with one attached hydrogen (secondary N) is 1. The van der Waals surface area contributed by atoms with E-state index in [1.165, 1.54) is 4.90 Å². The highest BCUT2D eigenvalue weighted by atomic mass is 16.6. The lowest BCUT2D eigenvalue weighted by Gasteiger charge is -2.42. The monoisotopic (exact) mass is 375 g/mol. The topological polar surface area (TPSA) is 88.2 Å². The number of piperidine rings is 1. The average molecular weight is 375 g/mol. The van der Waals surface area contributed by atoms with E-state index in [2.05, 4.69) is 5.32 Å². The van der Waals surface area contributed by atoms with Gasteiger partial charge in [-0.2, -0.15) is 0 Å². The Morgan fingerprint density at radius 2 is 1.70 bits per heavy atom. The van der Waals surface area contributed by atoms with Crippen molar-refractivity contribution in [3.8, 4) is 5.75 Å². The van der Waals surface area contributed by atoms with Gasteiger partial charge in [-0.25, -0.2) is 9.59 Å². The van der Waals surface area contributed by atoms with Gasteiger partial charge in [0, 0.05) is 18.8 Å². The number of ether oxygens (including phenoxy) is 2. The van der Waals surface area contributed by atoms with Gasteiger partial charge in [-0.3, -0.25) is 15.0 Å². The van der Waals surface area contributed by atoms with Gasteiger partial charge in [-0.05, 0) is 57.9 Å². The molecule has 146 valence electrons. The second-order valence-corrected chi connectivity index (χ2v) is 7.79. The third-order valence-electron chi connectivity index (χ3n) is 4.85. The molecule has 0 radical (unpaired) electrons. The molecule has 1 aromatic carbocycles. The third-order valence-corrected chi connectivity index (χ3v) is 4.85. The Balaban J connectivity index is 1.80. The van der Waals surface area contributed by atoms with Crippen LogP contribution in [0.25, 0.3) is 0 Å². The standard InChI is InChI=1S/C19H25N3O5/c1-18(2,3)27-17(25)21-11-9-19(10-12-21)15(23)20-16(24)22(19)13-5-7-14(26-4)8-6-13/h5-8H,9-12H2,1-4H3,(H,20,23,24). The number of anilines is 1. The maximum Gasteiger partial charge on any atom is 0.410 e. The summed E-state index contributed by atoms with van der Waals surface area (Å²) in [6.07, 6.45) is 0.282. The second kappa shape index (κ2) is 6.75. The van der Waals surface area contributed by atoms with Gasteiger partial charge >= 0.3 is 12.1 Å².